The molecule has 13 heavy (non-hydrogen) atoms. The second kappa shape index (κ2) is 4.57. The van der Waals surface area contributed by atoms with Gasteiger partial charge in [-0.1, -0.05) is 0 Å². The summed E-state index contributed by atoms with van der Waals surface area (Å²) >= 11 is 5.72. The minimum Gasteiger partial charge on any atom is -0.396 e. The molecule has 4 N–H and O–H groups in total. The Morgan fingerprint density at radius 1 is 1.15 bits per heavy atom. The highest BCUT2D eigenvalue weighted by atomic mass is 35.5. The van der Waals surface area contributed by atoms with Crippen molar-refractivity contribution in [3.8, 4) is 0 Å². The monoisotopic (exact) mass is 210 g/mol. The number of halogens is 1. The normalized spacial score (nSPS) is 46.4. The van der Waals surface area contributed by atoms with Crippen LogP contribution in [0.3, 0.4) is 0 Å². The standard InChI is InChI=1S/C8H15ClO4/c9-7-6(12)1-4(2-10)5(3-11)8(7)13/h4-8,10-13H,1-3H2/t4-,5+,6+,7-,8-/m1/s1. The van der Waals surface area contributed by atoms with Gasteiger partial charge >= 0.3 is 0 Å². The van der Waals surface area contributed by atoms with Crippen LogP contribution < -0.4 is 0 Å². The lowest BCUT2D eigenvalue weighted by Crippen LogP contribution is -2.50. The van der Waals surface area contributed by atoms with Crippen molar-refractivity contribution in [1.29, 1.82) is 0 Å². The zero-order valence-electron chi connectivity index (χ0n) is 7.17. The molecule has 0 unspecified atom stereocenters. The summed E-state index contributed by atoms with van der Waals surface area (Å²) in [6, 6.07) is 0. The van der Waals surface area contributed by atoms with E-state index in [9.17, 15) is 10.2 Å². The molecule has 4 nitrogen and oxygen atoms in total. The fourth-order valence-electron chi connectivity index (χ4n) is 1.82. The van der Waals surface area contributed by atoms with E-state index >= 15 is 0 Å². The lowest BCUT2D eigenvalue weighted by Gasteiger charge is -2.39. The summed E-state index contributed by atoms with van der Waals surface area (Å²) in [5.41, 5.74) is 0. The molecule has 0 aromatic carbocycles. The molecule has 0 radical (unpaired) electrons. The van der Waals surface area contributed by atoms with E-state index in [0.717, 1.165) is 0 Å². The minimum atomic E-state index is -0.951. The average Bonchev–Trinajstić information content (AvgIpc) is 2.13. The number of hydrogen-bond acceptors (Lipinski definition) is 4. The summed E-state index contributed by atoms with van der Waals surface area (Å²) in [4.78, 5) is 0. The van der Waals surface area contributed by atoms with Gasteiger partial charge in [0.05, 0.1) is 17.6 Å². The predicted octanol–water partition coefficient (Wildman–Crippen LogP) is -1.06. The third kappa shape index (κ3) is 2.14. The van der Waals surface area contributed by atoms with Crippen molar-refractivity contribution in [2.45, 2.75) is 24.0 Å². The highest BCUT2D eigenvalue weighted by Gasteiger charge is 2.41. The van der Waals surface area contributed by atoms with Gasteiger partial charge in [0, 0.05) is 19.1 Å². The van der Waals surface area contributed by atoms with Gasteiger partial charge in [-0.15, -0.1) is 11.6 Å². The maximum absolute atomic E-state index is 9.55. The Bertz CT molecular complexity index is 164. The molecule has 1 aliphatic rings. The first-order chi connectivity index (χ1) is 6.11. The third-order valence-electron chi connectivity index (χ3n) is 2.73. The van der Waals surface area contributed by atoms with E-state index in [4.69, 9.17) is 21.8 Å². The van der Waals surface area contributed by atoms with Gasteiger partial charge in [-0.2, -0.15) is 0 Å². The zero-order valence-corrected chi connectivity index (χ0v) is 7.93. The molecule has 0 saturated heterocycles. The quantitative estimate of drug-likeness (QED) is 0.438. The molecule has 1 rings (SSSR count). The molecule has 0 aromatic rings. The maximum atomic E-state index is 9.55. The first-order valence-electron chi connectivity index (χ1n) is 4.33. The summed E-state index contributed by atoms with van der Waals surface area (Å²) in [6.45, 7) is -0.370. The van der Waals surface area contributed by atoms with Crippen molar-refractivity contribution in [2.24, 2.45) is 11.8 Å². The summed E-state index contributed by atoms with van der Waals surface area (Å²) in [5.74, 6) is -0.708. The highest BCUT2D eigenvalue weighted by Crippen LogP contribution is 2.33. The largest absolute Gasteiger partial charge is 0.396 e. The smallest absolute Gasteiger partial charge is 0.0857 e. The fourth-order valence-corrected chi connectivity index (χ4v) is 2.11. The molecular weight excluding hydrogens is 196 g/mol. The van der Waals surface area contributed by atoms with Gasteiger partial charge in [0.25, 0.3) is 0 Å². The van der Waals surface area contributed by atoms with Gasteiger partial charge < -0.3 is 20.4 Å². The molecule has 5 atom stereocenters. The second-order valence-corrected chi connectivity index (χ2v) is 4.03. The summed E-state index contributed by atoms with van der Waals surface area (Å²) < 4.78 is 0. The Hall–Kier alpha value is 0.130. The van der Waals surface area contributed by atoms with Crippen molar-refractivity contribution in [3.05, 3.63) is 0 Å². The highest BCUT2D eigenvalue weighted by molar-refractivity contribution is 6.21. The lowest BCUT2D eigenvalue weighted by atomic mass is 9.76. The zero-order chi connectivity index (χ0) is 10.0. The SMILES string of the molecule is OC[C@H]1C[C@H](O)[C@@H](Cl)[C@H](O)[C@H]1CO. The summed E-state index contributed by atoms with van der Waals surface area (Å²) in [5, 5.41) is 36.1. The number of alkyl halides is 1. The predicted molar refractivity (Wildman–Crippen MR) is 47.4 cm³/mol. The molecule has 5 heteroatoms. The van der Waals surface area contributed by atoms with Crippen molar-refractivity contribution >= 4 is 11.6 Å². The molecule has 1 fully saturated rings. The molecule has 1 aliphatic carbocycles. The van der Waals surface area contributed by atoms with Gasteiger partial charge in [-0.3, -0.25) is 0 Å². The van der Waals surface area contributed by atoms with E-state index < -0.39 is 23.5 Å². The molecule has 0 spiro atoms. The van der Waals surface area contributed by atoms with E-state index in [2.05, 4.69) is 0 Å². The van der Waals surface area contributed by atoms with E-state index in [1.807, 2.05) is 0 Å². The number of rotatable bonds is 2. The fraction of sp³-hybridized carbons (Fsp3) is 1.00. The molecule has 0 heterocycles. The van der Waals surface area contributed by atoms with Crippen LogP contribution in [0, 0.1) is 11.8 Å². The Kier molecular flexibility index (Phi) is 3.94. The first-order valence-corrected chi connectivity index (χ1v) is 4.77. The Morgan fingerprint density at radius 2 is 1.77 bits per heavy atom. The van der Waals surface area contributed by atoms with Crippen LogP contribution in [-0.4, -0.2) is 51.2 Å². The van der Waals surface area contributed by atoms with Crippen LogP contribution in [0.5, 0.6) is 0 Å². The number of aliphatic hydroxyl groups is 4. The van der Waals surface area contributed by atoms with E-state index in [0.29, 0.717) is 6.42 Å². The van der Waals surface area contributed by atoms with Crippen LogP contribution in [0.4, 0.5) is 0 Å². The van der Waals surface area contributed by atoms with Gasteiger partial charge in [-0.25, -0.2) is 0 Å². The van der Waals surface area contributed by atoms with E-state index in [1.165, 1.54) is 0 Å². The van der Waals surface area contributed by atoms with Gasteiger partial charge in [0.2, 0.25) is 0 Å². The van der Waals surface area contributed by atoms with Crippen LogP contribution in [-0.2, 0) is 0 Å². The van der Waals surface area contributed by atoms with Crippen molar-refractivity contribution < 1.29 is 20.4 Å². The molecular formula is C8H15ClO4. The van der Waals surface area contributed by atoms with Crippen LogP contribution >= 0.6 is 11.6 Å². The van der Waals surface area contributed by atoms with Gasteiger partial charge in [0.1, 0.15) is 0 Å². The Morgan fingerprint density at radius 3 is 2.23 bits per heavy atom. The Labute approximate surface area is 81.8 Å². The lowest BCUT2D eigenvalue weighted by molar-refractivity contribution is -0.0597. The van der Waals surface area contributed by atoms with E-state index in [1.54, 1.807) is 0 Å². The third-order valence-corrected chi connectivity index (χ3v) is 3.28. The van der Waals surface area contributed by atoms with Crippen LogP contribution in [0.15, 0.2) is 0 Å². The van der Waals surface area contributed by atoms with Crippen LogP contribution in [0.1, 0.15) is 6.42 Å². The van der Waals surface area contributed by atoms with Crippen molar-refractivity contribution in [1.82, 2.24) is 0 Å². The topological polar surface area (TPSA) is 80.9 Å². The molecule has 0 amide bonds. The summed E-state index contributed by atoms with van der Waals surface area (Å²) in [6.07, 6.45) is -1.43. The van der Waals surface area contributed by atoms with Crippen molar-refractivity contribution in [2.75, 3.05) is 13.2 Å². The minimum absolute atomic E-state index is 0.150. The molecule has 0 bridgehead atoms. The molecule has 78 valence electrons. The molecule has 0 aromatic heterocycles. The molecule has 0 aliphatic heterocycles. The van der Waals surface area contributed by atoms with Gasteiger partial charge in [0.15, 0.2) is 0 Å². The maximum Gasteiger partial charge on any atom is 0.0857 e. The Balaban J connectivity index is 2.69. The van der Waals surface area contributed by atoms with Crippen LogP contribution in [0.2, 0.25) is 0 Å². The van der Waals surface area contributed by atoms with E-state index in [-0.39, 0.29) is 19.1 Å². The first kappa shape index (κ1) is 11.2. The second-order valence-electron chi connectivity index (χ2n) is 3.53. The summed E-state index contributed by atoms with van der Waals surface area (Å²) in [7, 11) is 0. The molecule has 1 saturated carbocycles. The van der Waals surface area contributed by atoms with Gasteiger partial charge in [-0.05, 0) is 12.3 Å². The number of aliphatic hydroxyl groups excluding tert-OH is 4. The number of hydrogen-bond donors (Lipinski definition) is 4. The van der Waals surface area contributed by atoms with Crippen LogP contribution in [0.25, 0.3) is 0 Å². The average molecular weight is 211 g/mol. The van der Waals surface area contributed by atoms with Crippen molar-refractivity contribution in [3.63, 3.8) is 0 Å².